The van der Waals surface area contributed by atoms with E-state index in [-0.39, 0.29) is 24.9 Å². The van der Waals surface area contributed by atoms with Gasteiger partial charge in [-0.2, -0.15) is 10.1 Å². The average molecular weight is 450 g/mol. The van der Waals surface area contributed by atoms with Crippen molar-refractivity contribution in [2.75, 3.05) is 26.9 Å². The van der Waals surface area contributed by atoms with Crippen LogP contribution in [0.1, 0.15) is 11.4 Å². The molecule has 0 amide bonds. The molecule has 0 aromatic carbocycles. The van der Waals surface area contributed by atoms with E-state index in [1.165, 1.54) is 0 Å². The van der Waals surface area contributed by atoms with Crippen LogP contribution in [0.4, 0.5) is 0 Å². The van der Waals surface area contributed by atoms with Crippen molar-refractivity contribution in [1.29, 1.82) is 0 Å². The lowest BCUT2D eigenvalue weighted by molar-refractivity contribution is 0.00706. The van der Waals surface area contributed by atoms with Gasteiger partial charge in [0.1, 0.15) is 18.3 Å². The molecule has 2 saturated heterocycles. The highest BCUT2D eigenvalue weighted by Crippen LogP contribution is 2.30. The molecule has 2 aliphatic rings. The lowest BCUT2D eigenvalue weighted by Crippen LogP contribution is -2.34. The molecule has 3 aromatic heterocycles. The van der Waals surface area contributed by atoms with Crippen LogP contribution in [-0.4, -0.2) is 81.2 Å². The third-order valence-electron chi connectivity index (χ3n) is 5.56. The number of H-pyrrole nitrogens is 1. The fourth-order valence-electron chi connectivity index (χ4n) is 3.94. The zero-order chi connectivity index (χ0) is 21.4. The molecule has 5 heterocycles. The number of aliphatic hydroxyl groups excluding tert-OH is 1. The summed E-state index contributed by atoms with van der Waals surface area (Å²) in [6.45, 7) is 1.92. The first-order chi connectivity index (χ1) is 15.1. The van der Waals surface area contributed by atoms with Crippen LogP contribution in [0.25, 0.3) is 11.2 Å². The van der Waals surface area contributed by atoms with Gasteiger partial charge in [-0.15, -0.1) is 0 Å². The monoisotopic (exact) mass is 449 g/mol. The molecular formula is C20H24ClN5O5. The Balaban J connectivity index is 1.25. The molecule has 0 spiro atoms. The van der Waals surface area contributed by atoms with Crippen molar-refractivity contribution in [2.45, 2.75) is 43.8 Å². The van der Waals surface area contributed by atoms with Crippen LogP contribution >= 0.6 is 11.6 Å². The number of aromatic amines is 1. The molecule has 166 valence electrons. The molecule has 0 unspecified atom stereocenters. The predicted molar refractivity (Wildman–Crippen MR) is 110 cm³/mol. The number of nitrogens with zero attached hydrogens (tertiary/aromatic N) is 4. The van der Waals surface area contributed by atoms with Crippen molar-refractivity contribution in [3.63, 3.8) is 0 Å². The maximum atomic E-state index is 9.87. The fourth-order valence-corrected chi connectivity index (χ4v) is 4.19. The first-order valence-corrected chi connectivity index (χ1v) is 10.6. The number of imidazole rings is 1. The first-order valence-electron chi connectivity index (χ1n) is 10.2. The summed E-state index contributed by atoms with van der Waals surface area (Å²) in [6.07, 6.45) is 1.67. The Kier molecular flexibility index (Phi) is 5.81. The van der Waals surface area contributed by atoms with Crippen molar-refractivity contribution in [3.8, 4) is 6.01 Å². The van der Waals surface area contributed by atoms with Gasteiger partial charge in [0.25, 0.3) is 6.01 Å². The third-order valence-corrected chi connectivity index (χ3v) is 5.89. The molecule has 2 N–H and O–H groups in total. The van der Waals surface area contributed by atoms with Gasteiger partial charge in [-0.25, -0.2) is 4.98 Å². The number of nitrogens with one attached hydrogen (secondary N) is 1. The van der Waals surface area contributed by atoms with Crippen molar-refractivity contribution in [3.05, 3.63) is 34.7 Å². The molecule has 0 saturated carbocycles. The molecule has 2 aliphatic heterocycles. The maximum Gasteiger partial charge on any atom is 0.296 e. The quantitative estimate of drug-likeness (QED) is 0.526. The summed E-state index contributed by atoms with van der Waals surface area (Å²) < 4.78 is 24.1. The summed E-state index contributed by atoms with van der Waals surface area (Å²) in [5.41, 5.74) is 2.94. The fraction of sp³-hybridized carbons (Fsp3) is 0.550. The molecule has 3 aromatic rings. The van der Waals surface area contributed by atoms with E-state index in [1.54, 1.807) is 13.2 Å². The zero-order valence-corrected chi connectivity index (χ0v) is 17.8. The predicted octanol–water partition coefficient (Wildman–Crippen LogP) is 1.15. The normalized spacial score (nSPS) is 25.4. The summed E-state index contributed by atoms with van der Waals surface area (Å²) in [6, 6.07) is 4.12. The number of pyridine rings is 1. The summed E-state index contributed by atoms with van der Waals surface area (Å²) >= 11 is 6.45. The Morgan fingerprint density at radius 3 is 3.00 bits per heavy atom. The molecule has 0 radical (unpaired) electrons. The van der Waals surface area contributed by atoms with Gasteiger partial charge in [0.05, 0.1) is 48.3 Å². The molecule has 0 bridgehead atoms. The molecule has 11 heteroatoms. The van der Waals surface area contributed by atoms with Gasteiger partial charge in [0.15, 0.2) is 11.8 Å². The van der Waals surface area contributed by atoms with Crippen LogP contribution in [0.2, 0.25) is 5.02 Å². The highest BCUT2D eigenvalue weighted by molar-refractivity contribution is 6.31. The topological polar surface area (TPSA) is 117 Å². The molecule has 31 heavy (non-hydrogen) atoms. The van der Waals surface area contributed by atoms with E-state index in [0.29, 0.717) is 48.3 Å². The number of aryl methyl sites for hydroxylation is 2. The van der Waals surface area contributed by atoms with E-state index in [4.69, 9.17) is 30.5 Å². The lowest BCUT2D eigenvalue weighted by atomic mass is 10.1. The van der Waals surface area contributed by atoms with Crippen LogP contribution in [0.3, 0.4) is 0 Å². The zero-order valence-electron chi connectivity index (χ0n) is 17.0. The van der Waals surface area contributed by atoms with Gasteiger partial charge in [-0.3, -0.25) is 4.68 Å². The lowest BCUT2D eigenvalue weighted by Gasteiger charge is -2.15. The van der Waals surface area contributed by atoms with E-state index >= 15 is 0 Å². The van der Waals surface area contributed by atoms with Gasteiger partial charge in [0.2, 0.25) is 0 Å². The van der Waals surface area contributed by atoms with Crippen LogP contribution in [-0.2, 0) is 33.6 Å². The smallest absolute Gasteiger partial charge is 0.296 e. The standard InChI is InChI=1S/C20H24ClN5O5/c1-28-7-6-26-5-4-11(25-26)2-3-13-12(21)8-14-19(22-13)24-20(23-14)31-16-10-30-17-15(27)9-29-18(16)17/h4-5,8,15-18,27H,2-3,6-7,9-10H2,1H3,(H,22,23,24)/t15-,16-,17-,18-/m1/s1. The summed E-state index contributed by atoms with van der Waals surface area (Å²) in [5, 5.41) is 15.0. The Hall–Kier alpha value is -2.24. The number of hydrogen-bond acceptors (Lipinski definition) is 8. The molecule has 5 rings (SSSR count). The molecule has 10 nitrogen and oxygen atoms in total. The number of methoxy groups -OCH3 is 1. The van der Waals surface area contributed by atoms with E-state index in [2.05, 4.69) is 20.1 Å². The molecular weight excluding hydrogens is 426 g/mol. The number of aliphatic hydroxyl groups is 1. The highest BCUT2D eigenvalue weighted by atomic mass is 35.5. The second kappa shape index (κ2) is 8.71. The van der Waals surface area contributed by atoms with Crippen LogP contribution < -0.4 is 4.74 Å². The van der Waals surface area contributed by atoms with Gasteiger partial charge >= 0.3 is 0 Å². The van der Waals surface area contributed by atoms with E-state index in [9.17, 15) is 5.11 Å². The van der Waals surface area contributed by atoms with Crippen molar-refractivity contribution < 1.29 is 24.1 Å². The SMILES string of the molecule is COCCn1ccc(CCc2nc3nc(O[C@@H]4CO[C@H]5[C@@H]4OC[C@H]5O)[nH]c3cc2Cl)n1. The summed E-state index contributed by atoms with van der Waals surface area (Å²) in [7, 11) is 1.67. The highest BCUT2D eigenvalue weighted by Gasteiger charge is 2.48. The van der Waals surface area contributed by atoms with Crippen LogP contribution in [0, 0.1) is 0 Å². The van der Waals surface area contributed by atoms with E-state index in [1.807, 2.05) is 16.9 Å². The Morgan fingerprint density at radius 1 is 1.26 bits per heavy atom. The number of fused-ring (bicyclic) bond motifs is 2. The average Bonchev–Trinajstić information content (AvgIpc) is 3.52. The van der Waals surface area contributed by atoms with Crippen LogP contribution in [0.5, 0.6) is 6.01 Å². The second-order valence-corrected chi connectivity index (χ2v) is 8.12. The van der Waals surface area contributed by atoms with Crippen molar-refractivity contribution in [2.24, 2.45) is 0 Å². The van der Waals surface area contributed by atoms with E-state index in [0.717, 1.165) is 17.9 Å². The van der Waals surface area contributed by atoms with Crippen molar-refractivity contribution >= 4 is 22.8 Å². The Bertz CT molecular complexity index is 1060. The number of aromatic nitrogens is 5. The summed E-state index contributed by atoms with van der Waals surface area (Å²) in [4.78, 5) is 12.2. The van der Waals surface area contributed by atoms with Crippen molar-refractivity contribution in [1.82, 2.24) is 24.7 Å². The van der Waals surface area contributed by atoms with E-state index < -0.39 is 6.10 Å². The molecule has 4 atom stereocenters. The van der Waals surface area contributed by atoms with Gasteiger partial charge in [-0.05, 0) is 25.0 Å². The minimum Gasteiger partial charge on any atom is -0.456 e. The largest absolute Gasteiger partial charge is 0.456 e. The minimum absolute atomic E-state index is 0.250. The molecule has 2 fully saturated rings. The van der Waals surface area contributed by atoms with Gasteiger partial charge in [0, 0.05) is 13.3 Å². The Morgan fingerprint density at radius 2 is 2.13 bits per heavy atom. The second-order valence-electron chi connectivity index (χ2n) is 7.71. The maximum absolute atomic E-state index is 9.87. The first kappa shape index (κ1) is 20.7. The van der Waals surface area contributed by atoms with Gasteiger partial charge < -0.3 is 29.0 Å². The van der Waals surface area contributed by atoms with Crippen LogP contribution in [0.15, 0.2) is 18.3 Å². The number of rotatable bonds is 8. The Labute approximate surface area is 183 Å². The minimum atomic E-state index is -0.622. The number of halogens is 1. The summed E-state index contributed by atoms with van der Waals surface area (Å²) in [5.74, 6) is 0. The van der Waals surface area contributed by atoms with Gasteiger partial charge in [-0.1, -0.05) is 11.6 Å². The molecule has 0 aliphatic carbocycles. The number of ether oxygens (including phenoxy) is 4. The third kappa shape index (κ3) is 4.26. The number of hydrogen-bond donors (Lipinski definition) is 2.